The van der Waals surface area contributed by atoms with Crippen molar-refractivity contribution in [3.8, 4) is 0 Å². The van der Waals surface area contributed by atoms with Crippen molar-refractivity contribution in [3.05, 3.63) is 65.6 Å². The molecule has 0 atom stereocenters. The molecule has 1 aromatic carbocycles. The van der Waals surface area contributed by atoms with Crippen LogP contribution < -0.4 is 0 Å². The molecule has 1 saturated carbocycles. The number of nitrogens with zero attached hydrogens (tertiary/aromatic N) is 1. The fraction of sp³-hybridized carbons (Fsp3) is 0.222. The number of pyridine rings is 1. The van der Waals surface area contributed by atoms with Gasteiger partial charge in [0.15, 0.2) is 11.6 Å². The molecule has 3 aromatic rings. The fourth-order valence-corrected chi connectivity index (χ4v) is 3.06. The molecule has 0 spiro atoms. The average molecular weight is 328 g/mol. The second-order valence-corrected chi connectivity index (χ2v) is 6.00. The van der Waals surface area contributed by atoms with Gasteiger partial charge in [0.25, 0.3) is 0 Å². The first-order valence-electron chi connectivity index (χ1n) is 7.69. The zero-order valence-corrected chi connectivity index (χ0v) is 12.6. The molecule has 4 rings (SSSR count). The molecule has 6 heteroatoms. The Labute approximate surface area is 136 Å². The maximum atomic E-state index is 13.3. The molecule has 1 aliphatic carbocycles. The molecule has 24 heavy (non-hydrogen) atoms. The first kappa shape index (κ1) is 14.8. The zero-order chi connectivity index (χ0) is 16.7. The van der Waals surface area contributed by atoms with Crippen LogP contribution in [0.5, 0.6) is 0 Å². The van der Waals surface area contributed by atoms with Gasteiger partial charge in [0.2, 0.25) is 0 Å². The minimum atomic E-state index is -0.854. The van der Waals surface area contributed by atoms with Crippen molar-refractivity contribution < 1.29 is 18.3 Å². The van der Waals surface area contributed by atoms with Crippen LogP contribution >= 0.6 is 0 Å². The highest BCUT2D eigenvalue weighted by atomic mass is 19.2. The third-order valence-corrected chi connectivity index (χ3v) is 4.48. The number of esters is 1. The first-order valence-corrected chi connectivity index (χ1v) is 7.69. The molecule has 1 N–H and O–H groups in total. The number of H-pyrrole nitrogens is 1. The number of hydrogen-bond acceptors (Lipinski definition) is 3. The molecule has 0 amide bonds. The van der Waals surface area contributed by atoms with Gasteiger partial charge in [-0.1, -0.05) is 6.07 Å². The number of benzene rings is 1. The van der Waals surface area contributed by atoms with Gasteiger partial charge in [0.1, 0.15) is 6.10 Å². The van der Waals surface area contributed by atoms with E-state index in [4.69, 9.17) is 4.74 Å². The molecule has 4 nitrogen and oxygen atoms in total. The van der Waals surface area contributed by atoms with E-state index in [0.29, 0.717) is 18.4 Å². The predicted octanol–water partition coefficient (Wildman–Crippen LogP) is 3.94. The fourth-order valence-electron chi connectivity index (χ4n) is 3.06. The number of ether oxygens (including phenoxy) is 1. The Balaban J connectivity index is 1.42. The van der Waals surface area contributed by atoms with Crippen LogP contribution in [0.2, 0.25) is 0 Å². The predicted molar refractivity (Wildman–Crippen MR) is 83.6 cm³/mol. The van der Waals surface area contributed by atoms with Crippen molar-refractivity contribution >= 4 is 16.9 Å². The molecular formula is C18H14F2N2O2. The Morgan fingerprint density at radius 3 is 2.79 bits per heavy atom. The van der Waals surface area contributed by atoms with Crippen LogP contribution in [-0.4, -0.2) is 22.0 Å². The quantitative estimate of drug-likeness (QED) is 0.741. The summed E-state index contributed by atoms with van der Waals surface area (Å²) < 4.78 is 31.7. The average Bonchev–Trinajstić information content (AvgIpc) is 3.01. The number of nitrogens with one attached hydrogen (secondary N) is 1. The first-order chi connectivity index (χ1) is 11.6. The SMILES string of the molecule is O=C(OC1CC(c2ccc(F)c(F)c2)C1)c1cncc2[nH]ccc12. The van der Waals surface area contributed by atoms with E-state index in [1.165, 1.54) is 12.3 Å². The molecular weight excluding hydrogens is 314 g/mol. The van der Waals surface area contributed by atoms with E-state index in [9.17, 15) is 13.6 Å². The monoisotopic (exact) mass is 328 g/mol. The van der Waals surface area contributed by atoms with E-state index in [-0.39, 0.29) is 12.0 Å². The summed E-state index contributed by atoms with van der Waals surface area (Å²) in [6.45, 7) is 0. The summed E-state index contributed by atoms with van der Waals surface area (Å²) in [5, 5.41) is 0.770. The third-order valence-electron chi connectivity index (χ3n) is 4.48. The second kappa shape index (κ2) is 5.70. The van der Waals surface area contributed by atoms with Crippen molar-refractivity contribution in [3.63, 3.8) is 0 Å². The highest BCUT2D eigenvalue weighted by Crippen LogP contribution is 2.39. The zero-order valence-electron chi connectivity index (χ0n) is 12.6. The molecule has 2 aromatic heterocycles. The van der Waals surface area contributed by atoms with Crippen LogP contribution in [0, 0.1) is 11.6 Å². The molecule has 0 unspecified atom stereocenters. The Hall–Kier alpha value is -2.76. The van der Waals surface area contributed by atoms with Crippen LogP contribution in [0.25, 0.3) is 10.9 Å². The van der Waals surface area contributed by atoms with Crippen molar-refractivity contribution in [2.45, 2.75) is 24.9 Å². The highest BCUT2D eigenvalue weighted by molar-refractivity contribution is 6.03. The number of fused-ring (bicyclic) bond motifs is 1. The Bertz CT molecular complexity index is 916. The number of halogens is 2. The van der Waals surface area contributed by atoms with Crippen LogP contribution in [0.1, 0.15) is 34.7 Å². The maximum absolute atomic E-state index is 13.3. The van der Waals surface area contributed by atoms with Gasteiger partial charge in [-0.05, 0) is 42.5 Å². The number of aromatic nitrogens is 2. The number of aromatic amines is 1. The summed E-state index contributed by atoms with van der Waals surface area (Å²) in [6, 6.07) is 5.72. The van der Waals surface area contributed by atoms with E-state index in [1.807, 2.05) is 0 Å². The standard InChI is InChI=1S/C18H14F2N2O2/c19-15-2-1-10(7-16(15)20)11-5-12(6-11)24-18(23)14-8-21-9-17-13(14)3-4-22-17/h1-4,7-9,11-12,22H,5-6H2. The lowest BCUT2D eigenvalue weighted by atomic mass is 9.77. The summed E-state index contributed by atoms with van der Waals surface area (Å²) >= 11 is 0. The van der Waals surface area contributed by atoms with Crippen LogP contribution in [0.4, 0.5) is 8.78 Å². The second-order valence-electron chi connectivity index (χ2n) is 6.00. The Morgan fingerprint density at radius 2 is 2.00 bits per heavy atom. The summed E-state index contributed by atoms with van der Waals surface area (Å²) in [4.78, 5) is 19.3. The van der Waals surface area contributed by atoms with E-state index < -0.39 is 17.6 Å². The number of carbonyl (C=O) groups is 1. The van der Waals surface area contributed by atoms with Crippen molar-refractivity contribution in [2.24, 2.45) is 0 Å². The van der Waals surface area contributed by atoms with Gasteiger partial charge in [0.05, 0.1) is 17.3 Å². The van der Waals surface area contributed by atoms with Gasteiger partial charge >= 0.3 is 5.97 Å². The Kier molecular flexibility index (Phi) is 3.52. The molecule has 0 aliphatic heterocycles. The van der Waals surface area contributed by atoms with Gasteiger partial charge in [-0.3, -0.25) is 4.98 Å². The lowest BCUT2D eigenvalue weighted by Crippen LogP contribution is -2.32. The molecule has 0 radical (unpaired) electrons. The van der Waals surface area contributed by atoms with Gasteiger partial charge < -0.3 is 9.72 Å². The van der Waals surface area contributed by atoms with E-state index >= 15 is 0 Å². The highest BCUT2D eigenvalue weighted by Gasteiger charge is 2.34. The van der Waals surface area contributed by atoms with Gasteiger partial charge in [0, 0.05) is 17.8 Å². The van der Waals surface area contributed by atoms with E-state index in [0.717, 1.165) is 22.5 Å². The topological polar surface area (TPSA) is 55.0 Å². The molecule has 1 fully saturated rings. The van der Waals surface area contributed by atoms with Crippen LogP contribution in [0.15, 0.2) is 42.9 Å². The minimum Gasteiger partial charge on any atom is -0.459 e. The summed E-state index contributed by atoms with van der Waals surface area (Å²) in [6.07, 6.45) is 5.87. The molecule has 0 saturated heterocycles. The molecule has 122 valence electrons. The lowest BCUT2D eigenvalue weighted by Gasteiger charge is -2.35. The van der Waals surface area contributed by atoms with E-state index in [1.54, 1.807) is 24.5 Å². The maximum Gasteiger partial charge on any atom is 0.340 e. The smallest absolute Gasteiger partial charge is 0.340 e. The summed E-state index contributed by atoms with van der Waals surface area (Å²) in [5.74, 6) is -2.04. The van der Waals surface area contributed by atoms with Crippen molar-refractivity contribution in [1.82, 2.24) is 9.97 Å². The van der Waals surface area contributed by atoms with Gasteiger partial charge in [-0.25, -0.2) is 13.6 Å². The summed E-state index contributed by atoms with van der Waals surface area (Å²) in [7, 11) is 0. The Morgan fingerprint density at radius 1 is 1.17 bits per heavy atom. The van der Waals surface area contributed by atoms with Crippen LogP contribution in [-0.2, 0) is 4.74 Å². The number of rotatable bonds is 3. The van der Waals surface area contributed by atoms with Crippen molar-refractivity contribution in [2.75, 3.05) is 0 Å². The third kappa shape index (κ3) is 2.54. The van der Waals surface area contributed by atoms with Crippen molar-refractivity contribution in [1.29, 1.82) is 0 Å². The van der Waals surface area contributed by atoms with E-state index in [2.05, 4.69) is 9.97 Å². The number of hydrogen-bond donors (Lipinski definition) is 1. The lowest BCUT2D eigenvalue weighted by molar-refractivity contribution is 0.00223. The number of carbonyl (C=O) groups excluding carboxylic acids is 1. The summed E-state index contributed by atoms with van der Waals surface area (Å²) in [5.41, 5.74) is 1.93. The molecule has 0 bridgehead atoms. The largest absolute Gasteiger partial charge is 0.459 e. The van der Waals surface area contributed by atoms with Gasteiger partial charge in [-0.2, -0.15) is 0 Å². The molecule has 1 aliphatic rings. The normalized spacial score (nSPS) is 19.9. The molecule has 2 heterocycles. The van der Waals surface area contributed by atoms with Crippen LogP contribution in [0.3, 0.4) is 0 Å². The minimum absolute atomic E-state index is 0.0825. The van der Waals surface area contributed by atoms with Gasteiger partial charge in [-0.15, -0.1) is 0 Å².